The molecule has 0 aromatic heterocycles. The zero-order chi connectivity index (χ0) is 19.5. The average Bonchev–Trinajstić information content (AvgIpc) is 2.52. The molecule has 0 saturated heterocycles. The Morgan fingerprint density at radius 2 is 1.50 bits per heavy atom. The van der Waals surface area contributed by atoms with Crippen molar-refractivity contribution in [1.29, 1.82) is 0 Å². The molecule has 0 spiro atoms. The van der Waals surface area contributed by atoms with E-state index in [1.807, 2.05) is 39.8 Å². The van der Waals surface area contributed by atoms with Crippen LogP contribution in [0.25, 0.3) is 0 Å². The molecule has 5 nitrogen and oxygen atoms in total. The summed E-state index contributed by atoms with van der Waals surface area (Å²) in [7, 11) is -3.79. The summed E-state index contributed by atoms with van der Waals surface area (Å²) in [4.78, 5) is 11.1. The molecule has 2 aromatic rings. The maximum Gasteiger partial charge on any atom is 0.303 e. The number of benzene rings is 2. The van der Waals surface area contributed by atoms with Gasteiger partial charge in [-0.3, -0.25) is 9.10 Å². The predicted molar refractivity (Wildman–Crippen MR) is 103 cm³/mol. The van der Waals surface area contributed by atoms with Gasteiger partial charge in [0.15, 0.2) is 0 Å². The molecular weight excluding hydrogens is 350 g/mol. The molecule has 2 rings (SSSR count). The Labute approximate surface area is 155 Å². The second-order valence-corrected chi connectivity index (χ2v) is 8.50. The normalized spacial score (nSPS) is 11.4. The number of carbonyl (C=O) groups is 1. The number of aliphatic carboxylic acids is 1. The summed E-state index contributed by atoms with van der Waals surface area (Å²) < 4.78 is 27.9. The van der Waals surface area contributed by atoms with Gasteiger partial charge in [-0.1, -0.05) is 35.4 Å². The summed E-state index contributed by atoms with van der Waals surface area (Å²) >= 11 is 0. The van der Waals surface area contributed by atoms with E-state index in [2.05, 4.69) is 0 Å². The third-order valence-corrected chi connectivity index (χ3v) is 6.06. The fourth-order valence-corrected chi connectivity index (χ4v) is 4.76. The van der Waals surface area contributed by atoms with Gasteiger partial charge in [0.05, 0.1) is 10.6 Å². The van der Waals surface area contributed by atoms with Gasteiger partial charge in [-0.15, -0.1) is 0 Å². The van der Waals surface area contributed by atoms with Crippen molar-refractivity contribution in [2.75, 3.05) is 10.8 Å². The van der Waals surface area contributed by atoms with Gasteiger partial charge in [0.1, 0.15) is 0 Å². The van der Waals surface area contributed by atoms with Crippen molar-refractivity contribution in [2.24, 2.45) is 0 Å². The van der Waals surface area contributed by atoms with E-state index in [9.17, 15) is 13.2 Å². The number of hydrogen-bond donors (Lipinski definition) is 1. The Kier molecular flexibility index (Phi) is 6.08. The molecule has 0 bridgehead atoms. The van der Waals surface area contributed by atoms with Crippen molar-refractivity contribution in [1.82, 2.24) is 0 Å². The van der Waals surface area contributed by atoms with Crippen molar-refractivity contribution in [3.8, 4) is 0 Å². The van der Waals surface area contributed by atoms with Crippen LogP contribution in [0.15, 0.2) is 41.3 Å². The third-order valence-electron chi connectivity index (χ3n) is 4.25. The van der Waals surface area contributed by atoms with Crippen molar-refractivity contribution >= 4 is 21.7 Å². The van der Waals surface area contributed by atoms with E-state index < -0.39 is 16.0 Å². The zero-order valence-corrected chi connectivity index (χ0v) is 16.4. The molecule has 0 atom stereocenters. The van der Waals surface area contributed by atoms with Crippen LogP contribution in [0, 0.1) is 27.7 Å². The first kappa shape index (κ1) is 20.0. The molecule has 6 heteroatoms. The number of carboxylic acids is 1. The van der Waals surface area contributed by atoms with Crippen LogP contribution < -0.4 is 4.31 Å². The number of rotatable bonds is 7. The molecule has 0 aliphatic heterocycles. The number of hydrogen-bond acceptors (Lipinski definition) is 3. The van der Waals surface area contributed by atoms with Gasteiger partial charge in [-0.25, -0.2) is 8.42 Å². The summed E-state index contributed by atoms with van der Waals surface area (Å²) in [6.45, 7) is 7.74. The Morgan fingerprint density at radius 1 is 0.962 bits per heavy atom. The molecule has 0 aliphatic carbocycles. The van der Waals surface area contributed by atoms with Crippen LogP contribution >= 0.6 is 0 Å². The second-order valence-electron chi connectivity index (χ2n) is 6.63. The average molecular weight is 375 g/mol. The van der Waals surface area contributed by atoms with Crippen LogP contribution in [0.1, 0.15) is 35.1 Å². The number of anilines is 1. The summed E-state index contributed by atoms with van der Waals surface area (Å²) in [5.41, 5.74) is 4.37. The Morgan fingerprint density at radius 3 is 2.00 bits per heavy atom. The highest BCUT2D eigenvalue weighted by molar-refractivity contribution is 7.92. The van der Waals surface area contributed by atoms with Crippen LogP contribution in [0.5, 0.6) is 0 Å². The van der Waals surface area contributed by atoms with Gasteiger partial charge in [-0.2, -0.15) is 0 Å². The summed E-state index contributed by atoms with van der Waals surface area (Å²) in [5.74, 6) is -0.935. The first-order valence-electron chi connectivity index (χ1n) is 8.52. The van der Waals surface area contributed by atoms with Crippen molar-refractivity contribution in [3.63, 3.8) is 0 Å². The molecule has 26 heavy (non-hydrogen) atoms. The summed E-state index contributed by atoms with van der Waals surface area (Å²) in [5, 5.41) is 8.92. The van der Waals surface area contributed by atoms with E-state index in [0.717, 1.165) is 22.3 Å². The molecule has 2 aromatic carbocycles. The lowest BCUT2D eigenvalue weighted by molar-refractivity contribution is -0.137. The lowest BCUT2D eigenvalue weighted by Gasteiger charge is -2.28. The number of nitrogens with zero attached hydrogens (tertiary/aromatic N) is 1. The first-order chi connectivity index (χ1) is 12.1. The fraction of sp³-hybridized carbons (Fsp3) is 0.350. The lowest BCUT2D eigenvalue weighted by atomic mass is 10.0. The van der Waals surface area contributed by atoms with E-state index in [1.54, 1.807) is 24.3 Å². The minimum absolute atomic E-state index is 0.0795. The molecule has 0 saturated carbocycles. The number of aryl methyl sites for hydroxylation is 4. The standard InChI is InChI=1S/C20H25NO4S/c1-14-7-9-18(10-8-14)26(24,25)21(11-5-6-19(22)23)20-16(3)12-15(2)13-17(20)4/h7-10,12-13H,5-6,11H2,1-4H3,(H,22,23). The van der Waals surface area contributed by atoms with Crippen LogP contribution in [0.4, 0.5) is 5.69 Å². The molecule has 0 amide bonds. The van der Waals surface area contributed by atoms with Crippen LogP contribution in [-0.4, -0.2) is 26.0 Å². The van der Waals surface area contributed by atoms with Crippen LogP contribution in [-0.2, 0) is 14.8 Å². The van der Waals surface area contributed by atoms with Gasteiger partial charge in [-0.05, 0) is 57.4 Å². The summed E-state index contributed by atoms with van der Waals surface area (Å²) in [6, 6.07) is 10.6. The Hall–Kier alpha value is -2.34. The van der Waals surface area contributed by atoms with E-state index >= 15 is 0 Å². The van der Waals surface area contributed by atoms with E-state index in [0.29, 0.717) is 5.69 Å². The van der Waals surface area contributed by atoms with E-state index in [4.69, 9.17) is 5.11 Å². The lowest BCUT2D eigenvalue weighted by Crippen LogP contribution is -2.33. The quantitative estimate of drug-likeness (QED) is 0.794. The van der Waals surface area contributed by atoms with Crippen molar-refractivity contribution in [2.45, 2.75) is 45.4 Å². The molecule has 140 valence electrons. The minimum Gasteiger partial charge on any atom is -0.481 e. The summed E-state index contributed by atoms with van der Waals surface area (Å²) in [6.07, 6.45) is 0.164. The Bertz CT molecular complexity index is 879. The Balaban J connectivity index is 2.54. The zero-order valence-electron chi connectivity index (χ0n) is 15.6. The largest absolute Gasteiger partial charge is 0.481 e. The van der Waals surface area contributed by atoms with Crippen molar-refractivity contribution in [3.05, 3.63) is 58.7 Å². The third kappa shape index (κ3) is 4.43. The molecular formula is C20H25NO4S. The molecule has 0 unspecified atom stereocenters. The van der Waals surface area contributed by atoms with Gasteiger partial charge in [0, 0.05) is 13.0 Å². The minimum atomic E-state index is -3.79. The highest BCUT2D eigenvalue weighted by atomic mass is 32.2. The molecule has 1 N–H and O–H groups in total. The highest BCUT2D eigenvalue weighted by Gasteiger charge is 2.27. The van der Waals surface area contributed by atoms with Gasteiger partial charge < -0.3 is 5.11 Å². The molecule has 0 heterocycles. The smallest absolute Gasteiger partial charge is 0.303 e. The van der Waals surface area contributed by atoms with Crippen LogP contribution in [0.3, 0.4) is 0 Å². The number of sulfonamides is 1. The molecule has 0 radical (unpaired) electrons. The van der Waals surface area contributed by atoms with Gasteiger partial charge >= 0.3 is 5.97 Å². The monoisotopic (exact) mass is 375 g/mol. The number of carboxylic acid groups (broad SMARTS) is 1. The highest BCUT2D eigenvalue weighted by Crippen LogP contribution is 2.31. The predicted octanol–water partition coefficient (Wildman–Crippen LogP) is 3.98. The van der Waals surface area contributed by atoms with Gasteiger partial charge in [0.2, 0.25) is 0 Å². The fourth-order valence-electron chi connectivity index (χ4n) is 3.13. The SMILES string of the molecule is Cc1ccc(S(=O)(=O)N(CCCC(=O)O)c2c(C)cc(C)cc2C)cc1. The maximum absolute atomic E-state index is 13.3. The topological polar surface area (TPSA) is 74.7 Å². The van der Waals surface area contributed by atoms with E-state index in [-0.39, 0.29) is 24.3 Å². The molecule has 0 aliphatic rings. The second kappa shape index (κ2) is 7.91. The molecule has 0 fully saturated rings. The van der Waals surface area contributed by atoms with Gasteiger partial charge in [0.25, 0.3) is 10.0 Å². The van der Waals surface area contributed by atoms with E-state index in [1.165, 1.54) is 4.31 Å². The van der Waals surface area contributed by atoms with Crippen molar-refractivity contribution < 1.29 is 18.3 Å². The maximum atomic E-state index is 13.3. The first-order valence-corrected chi connectivity index (χ1v) is 9.96. The van der Waals surface area contributed by atoms with Crippen LogP contribution in [0.2, 0.25) is 0 Å².